The molecule has 90 valence electrons. The summed E-state index contributed by atoms with van der Waals surface area (Å²) in [5, 5.41) is 3.39. The smallest absolute Gasteiger partial charge is 0.0798 e. The van der Waals surface area contributed by atoms with Crippen LogP contribution < -0.4 is 5.32 Å². The van der Waals surface area contributed by atoms with Crippen LogP contribution in [0.5, 0.6) is 0 Å². The molecule has 16 heavy (non-hydrogen) atoms. The van der Waals surface area contributed by atoms with Gasteiger partial charge in [-0.1, -0.05) is 20.8 Å². The van der Waals surface area contributed by atoms with Crippen LogP contribution in [-0.4, -0.2) is 36.1 Å². The molecule has 0 spiro atoms. The predicted molar refractivity (Wildman–Crippen MR) is 69.0 cm³/mol. The predicted octanol–water partition coefficient (Wildman–Crippen LogP) is 1.85. The first-order valence-corrected chi connectivity index (χ1v) is 6.81. The maximum atomic E-state index is 4.53. The molecule has 1 N–H and O–H groups in total. The molecule has 1 aliphatic rings. The Morgan fingerprint density at radius 2 is 2.06 bits per heavy atom. The van der Waals surface area contributed by atoms with Crippen LogP contribution in [0.4, 0.5) is 0 Å². The first-order valence-electron chi connectivity index (χ1n) is 5.93. The van der Waals surface area contributed by atoms with Gasteiger partial charge in [0.2, 0.25) is 0 Å². The Hall–Kier alpha value is -0.450. The summed E-state index contributed by atoms with van der Waals surface area (Å²) >= 11 is 1.80. The van der Waals surface area contributed by atoms with Crippen LogP contribution in [0.3, 0.4) is 0 Å². The van der Waals surface area contributed by atoms with E-state index < -0.39 is 0 Å². The van der Waals surface area contributed by atoms with Crippen molar-refractivity contribution < 1.29 is 0 Å². The maximum Gasteiger partial charge on any atom is 0.0798 e. The Balaban J connectivity index is 2.06. The second kappa shape index (κ2) is 4.82. The molecule has 0 aromatic carbocycles. The van der Waals surface area contributed by atoms with Crippen LogP contribution in [0.25, 0.3) is 0 Å². The Bertz CT molecular complexity index is 334. The van der Waals surface area contributed by atoms with E-state index in [1.165, 1.54) is 10.6 Å². The molecule has 0 amide bonds. The van der Waals surface area contributed by atoms with Crippen molar-refractivity contribution >= 4 is 11.3 Å². The van der Waals surface area contributed by atoms with E-state index in [9.17, 15) is 0 Å². The molecule has 1 fully saturated rings. The fraction of sp³-hybridized carbons (Fsp3) is 0.750. The summed E-state index contributed by atoms with van der Waals surface area (Å²) in [4.78, 5) is 8.48. The van der Waals surface area contributed by atoms with Gasteiger partial charge < -0.3 is 5.32 Å². The van der Waals surface area contributed by atoms with Crippen molar-refractivity contribution in [1.82, 2.24) is 15.2 Å². The normalized spacial score (nSPS) is 18.9. The lowest BCUT2D eigenvalue weighted by Crippen LogP contribution is -2.43. The number of aromatic nitrogens is 1. The Morgan fingerprint density at radius 1 is 1.38 bits per heavy atom. The fourth-order valence-corrected chi connectivity index (χ4v) is 3.08. The lowest BCUT2D eigenvalue weighted by molar-refractivity contribution is 0.233. The van der Waals surface area contributed by atoms with Gasteiger partial charge in [0.15, 0.2) is 0 Å². The minimum absolute atomic E-state index is 0.170. The van der Waals surface area contributed by atoms with Crippen molar-refractivity contribution in [3.8, 4) is 0 Å². The van der Waals surface area contributed by atoms with Crippen molar-refractivity contribution in [1.29, 1.82) is 0 Å². The molecular weight excluding hydrogens is 218 g/mol. The van der Waals surface area contributed by atoms with Gasteiger partial charge in [-0.15, -0.1) is 11.3 Å². The van der Waals surface area contributed by atoms with Gasteiger partial charge in [-0.2, -0.15) is 0 Å². The van der Waals surface area contributed by atoms with Gasteiger partial charge >= 0.3 is 0 Å². The second-order valence-corrected chi connectivity index (χ2v) is 6.34. The van der Waals surface area contributed by atoms with E-state index in [4.69, 9.17) is 0 Å². The average Bonchev–Trinajstić information content (AvgIpc) is 2.67. The summed E-state index contributed by atoms with van der Waals surface area (Å²) in [6.07, 6.45) is 0. The van der Waals surface area contributed by atoms with E-state index in [0.717, 1.165) is 32.7 Å². The van der Waals surface area contributed by atoms with Crippen LogP contribution in [0, 0.1) is 0 Å². The van der Waals surface area contributed by atoms with Crippen LogP contribution in [0.15, 0.2) is 5.51 Å². The van der Waals surface area contributed by atoms with Crippen LogP contribution in [-0.2, 0) is 12.0 Å². The third-order valence-electron chi connectivity index (χ3n) is 2.93. The van der Waals surface area contributed by atoms with Gasteiger partial charge in [0, 0.05) is 43.0 Å². The van der Waals surface area contributed by atoms with Gasteiger partial charge in [0.25, 0.3) is 0 Å². The van der Waals surface area contributed by atoms with Crippen LogP contribution >= 0.6 is 11.3 Å². The molecule has 0 bridgehead atoms. The standard InChI is InChI=1S/C12H21N3S/c1-12(2,3)11-10(16-9-14-11)8-15-6-4-13-5-7-15/h9,13H,4-8H2,1-3H3. The lowest BCUT2D eigenvalue weighted by Gasteiger charge is -2.28. The molecule has 1 saturated heterocycles. The third-order valence-corrected chi connectivity index (χ3v) is 3.75. The lowest BCUT2D eigenvalue weighted by atomic mass is 9.91. The second-order valence-electron chi connectivity index (χ2n) is 5.40. The van der Waals surface area contributed by atoms with E-state index in [0.29, 0.717) is 0 Å². The molecule has 0 saturated carbocycles. The van der Waals surface area contributed by atoms with Crippen molar-refractivity contribution in [2.45, 2.75) is 32.7 Å². The molecule has 1 aromatic heterocycles. The summed E-state index contributed by atoms with van der Waals surface area (Å²) < 4.78 is 0. The maximum absolute atomic E-state index is 4.53. The number of piperazine rings is 1. The Morgan fingerprint density at radius 3 is 2.69 bits per heavy atom. The number of hydrogen-bond donors (Lipinski definition) is 1. The summed E-state index contributed by atoms with van der Waals surface area (Å²) in [5.74, 6) is 0. The van der Waals surface area contributed by atoms with E-state index >= 15 is 0 Å². The zero-order valence-electron chi connectivity index (χ0n) is 10.4. The SMILES string of the molecule is CC(C)(C)c1ncsc1CN1CCNCC1. The highest BCUT2D eigenvalue weighted by molar-refractivity contribution is 7.09. The van der Waals surface area contributed by atoms with Gasteiger partial charge in [0.05, 0.1) is 11.2 Å². The van der Waals surface area contributed by atoms with Crippen molar-refractivity contribution in [2.24, 2.45) is 0 Å². The molecular formula is C12H21N3S. The van der Waals surface area contributed by atoms with Crippen molar-refractivity contribution in [3.63, 3.8) is 0 Å². The average molecular weight is 239 g/mol. The molecule has 1 aliphatic heterocycles. The Labute approximate surface area is 102 Å². The minimum atomic E-state index is 0.170. The van der Waals surface area contributed by atoms with Crippen LogP contribution in [0.2, 0.25) is 0 Å². The molecule has 0 radical (unpaired) electrons. The van der Waals surface area contributed by atoms with Gasteiger partial charge in [0.1, 0.15) is 0 Å². The van der Waals surface area contributed by atoms with Crippen molar-refractivity contribution in [3.05, 3.63) is 16.1 Å². The monoisotopic (exact) mass is 239 g/mol. The molecule has 0 unspecified atom stereocenters. The van der Waals surface area contributed by atoms with E-state index in [-0.39, 0.29) is 5.41 Å². The Kier molecular flexibility index (Phi) is 3.62. The summed E-state index contributed by atoms with van der Waals surface area (Å²) in [5.41, 5.74) is 3.43. The number of rotatable bonds is 2. The zero-order valence-corrected chi connectivity index (χ0v) is 11.2. The van der Waals surface area contributed by atoms with E-state index in [1.54, 1.807) is 11.3 Å². The first kappa shape index (κ1) is 12.0. The first-order chi connectivity index (χ1) is 7.57. The molecule has 3 nitrogen and oxygen atoms in total. The largest absolute Gasteiger partial charge is 0.314 e. The molecule has 4 heteroatoms. The molecule has 1 aromatic rings. The number of hydrogen-bond acceptors (Lipinski definition) is 4. The van der Waals surface area contributed by atoms with E-state index in [1.807, 2.05) is 5.51 Å². The number of nitrogens with zero attached hydrogens (tertiary/aromatic N) is 2. The molecule has 0 aliphatic carbocycles. The van der Waals surface area contributed by atoms with Crippen LogP contribution in [0.1, 0.15) is 31.3 Å². The van der Waals surface area contributed by atoms with Gasteiger partial charge in [-0.25, -0.2) is 4.98 Å². The molecule has 2 heterocycles. The zero-order chi connectivity index (χ0) is 11.6. The van der Waals surface area contributed by atoms with Gasteiger partial charge in [-0.05, 0) is 0 Å². The topological polar surface area (TPSA) is 28.2 Å². The molecule has 2 rings (SSSR count). The highest BCUT2D eigenvalue weighted by atomic mass is 32.1. The summed E-state index contributed by atoms with van der Waals surface area (Å²) in [6.45, 7) is 12.3. The summed E-state index contributed by atoms with van der Waals surface area (Å²) in [7, 11) is 0. The number of nitrogens with one attached hydrogen (secondary N) is 1. The fourth-order valence-electron chi connectivity index (χ4n) is 2.07. The minimum Gasteiger partial charge on any atom is -0.314 e. The van der Waals surface area contributed by atoms with Crippen molar-refractivity contribution in [2.75, 3.05) is 26.2 Å². The number of thiazole rings is 1. The highest BCUT2D eigenvalue weighted by Gasteiger charge is 2.22. The van der Waals surface area contributed by atoms with Gasteiger partial charge in [-0.3, -0.25) is 4.90 Å². The third kappa shape index (κ3) is 2.81. The molecule has 0 atom stereocenters. The quantitative estimate of drug-likeness (QED) is 0.853. The highest BCUT2D eigenvalue weighted by Crippen LogP contribution is 2.28. The van der Waals surface area contributed by atoms with E-state index in [2.05, 4.69) is 36.0 Å². The summed E-state index contributed by atoms with van der Waals surface area (Å²) in [6, 6.07) is 0.